The molecule has 0 bridgehead atoms. The van der Waals surface area contributed by atoms with E-state index in [9.17, 15) is 18.8 Å². The molecule has 40 heavy (non-hydrogen) atoms. The molecule has 0 amide bonds. The molecule has 8 nitrogen and oxygen atoms in total. The van der Waals surface area contributed by atoms with Crippen LogP contribution in [0.5, 0.6) is 28.7 Å². The number of carbonyl (C=O) groups is 3. The fraction of sp³-hybridized carbons (Fsp3) is 0.258. The van der Waals surface area contributed by atoms with Crippen molar-refractivity contribution in [2.45, 2.75) is 39.5 Å². The minimum atomic E-state index is -1.40. The first-order chi connectivity index (χ1) is 19.3. The van der Waals surface area contributed by atoms with Crippen LogP contribution in [0, 0.1) is 0 Å². The Morgan fingerprint density at radius 3 is 1.60 bits per heavy atom. The lowest BCUT2D eigenvalue weighted by Crippen LogP contribution is -2.13. The first-order valence-corrected chi connectivity index (χ1v) is 12.9. The maximum atomic E-state index is 13.4. The van der Waals surface area contributed by atoms with E-state index in [1.165, 1.54) is 24.3 Å². The molecule has 0 aromatic heterocycles. The largest absolute Gasteiger partial charge is 0.494 e. The molecule has 0 unspecified atom stereocenters. The summed E-state index contributed by atoms with van der Waals surface area (Å²) >= 11 is 0. The van der Waals surface area contributed by atoms with E-state index in [2.05, 4.69) is 20.4 Å². The third-order valence-electron chi connectivity index (χ3n) is 5.47. The number of ether oxygens (including phenoxy) is 5. The molecular formula is C31H31FO8. The topological polar surface area (TPSA) is 97.4 Å². The van der Waals surface area contributed by atoms with Gasteiger partial charge in [-0.15, -0.1) is 0 Å². The summed E-state index contributed by atoms with van der Waals surface area (Å²) in [5.41, 5.74) is 0.448. The van der Waals surface area contributed by atoms with Crippen LogP contribution >= 0.6 is 0 Å². The van der Waals surface area contributed by atoms with Crippen molar-refractivity contribution in [1.82, 2.24) is 0 Å². The van der Waals surface area contributed by atoms with Gasteiger partial charge in [-0.05, 0) is 73.5 Å². The van der Waals surface area contributed by atoms with Crippen molar-refractivity contribution in [3.05, 3.63) is 90.3 Å². The Hall–Kier alpha value is -4.66. The van der Waals surface area contributed by atoms with Gasteiger partial charge >= 0.3 is 17.9 Å². The molecular weight excluding hydrogens is 519 g/mol. The Bertz CT molecular complexity index is 1320. The van der Waals surface area contributed by atoms with E-state index in [1.54, 1.807) is 36.4 Å². The highest BCUT2D eigenvalue weighted by Gasteiger charge is 2.19. The van der Waals surface area contributed by atoms with Crippen molar-refractivity contribution in [2.75, 3.05) is 13.2 Å². The van der Waals surface area contributed by atoms with Crippen molar-refractivity contribution in [3.8, 4) is 28.7 Å². The van der Waals surface area contributed by atoms with Crippen molar-refractivity contribution >= 4 is 17.9 Å². The number of halogens is 1. The van der Waals surface area contributed by atoms with Gasteiger partial charge in [0.2, 0.25) is 5.83 Å². The Labute approximate surface area is 232 Å². The maximum Gasteiger partial charge on any atom is 0.372 e. The first kappa shape index (κ1) is 29.9. The molecule has 0 aliphatic carbocycles. The van der Waals surface area contributed by atoms with E-state index in [4.69, 9.17) is 23.7 Å². The summed E-state index contributed by atoms with van der Waals surface area (Å²) in [5.74, 6) is -3.57. The molecule has 0 aliphatic heterocycles. The number of rotatable bonds is 14. The Morgan fingerprint density at radius 1 is 0.650 bits per heavy atom. The minimum absolute atomic E-state index is 0.0334. The second-order valence-electron chi connectivity index (χ2n) is 8.63. The van der Waals surface area contributed by atoms with E-state index < -0.39 is 23.7 Å². The van der Waals surface area contributed by atoms with Crippen LogP contribution in [-0.2, 0) is 4.79 Å². The van der Waals surface area contributed by atoms with Gasteiger partial charge in [0.1, 0.15) is 17.2 Å². The Kier molecular flexibility index (Phi) is 11.3. The number of unbranched alkanes of at least 4 members (excludes halogenated alkanes) is 2. The van der Waals surface area contributed by atoms with Gasteiger partial charge in [-0.1, -0.05) is 33.3 Å². The van der Waals surface area contributed by atoms with Crippen molar-refractivity contribution < 1.29 is 42.5 Å². The summed E-state index contributed by atoms with van der Waals surface area (Å²) in [4.78, 5) is 37.2. The van der Waals surface area contributed by atoms with Crippen LogP contribution in [-0.4, -0.2) is 31.1 Å². The normalized spacial score (nSPS) is 10.4. The Balaban J connectivity index is 1.73. The zero-order valence-electron chi connectivity index (χ0n) is 22.4. The molecule has 0 radical (unpaired) electrons. The smallest absolute Gasteiger partial charge is 0.372 e. The molecule has 0 heterocycles. The van der Waals surface area contributed by atoms with Crippen LogP contribution in [0.2, 0.25) is 0 Å². The third kappa shape index (κ3) is 8.97. The average Bonchev–Trinajstić information content (AvgIpc) is 2.95. The summed E-state index contributed by atoms with van der Waals surface area (Å²) in [6.07, 6.45) is 3.81. The number of carbonyl (C=O) groups excluding carboxylic acids is 3. The second kappa shape index (κ2) is 15.1. The summed E-state index contributed by atoms with van der Waals surface area (Å²) in [6, 6.07) is 16.4. The summed E-state index contributed by atoms with van der Waals surface area (Å²) in [7, 11) is 0. The molecule has 3 aromatic rings. The zero-order chi connectivity index (χ0) is 28.9. The first-order valence-electron chi connectivity index (χ1n) is 12.9. The van der Waals surface area contributed by atoms with Crippen LogP contribution in [0.15, 0.2) is 79.1 Å². The van der Waals surface area contributed by atoms with Crippen LogP contribution in [0.1, 0.15) is 60.2 Å². The lowest BCUT2D eigenvalue weighted by molar-refractivity contribution is -0.131. The maximum absolute atomic E-state index is 13.4. The predicted octanol–water partition coefficient (Wildman–Crippen LogP) is 6.87. The fourth-order valence-electron chi connectivity index (χ4n) is 3.24. The van der Waals surface area contributed by atoms with E-state index in [-0.39, 0.29) is 28.4 Å². The molecule has 0 saturated heterocycles. The standard InChI is InChI=1S/C31H31FO8/c1-4-6-18-36-24-12-8-22(9-13-24)30(34)38-26-16-17-27(28(20-26)40-29(33)21(3)32)39-31(35)23-10-14-25(15-11-23)37-19-7-5-2/h8-17,20H,3-7,18-19H2,1-2H3. The van der Waals surface area contributed by atoms with E-state index in [0.717, 1.165) is 31.7 Å². The fourth-order valence-corrected chi connectivity index (χ4v) is 3.24. The van der Waals surface area contributed by atoms with Gasteiger partial charge in [0.05, 0.1) is 24.3 Å². The predicted molar refractivity (Wildman–Crippen MR) is 146 cm³/mol. The molecule has 0 atom stereocenters. The van der Waals surface area contributed by atoms with Gasteiger partial charge in [-0.25, -0.2) is 14.4 Å². The molecule has 210 valence electrons. The quantitative estimate of drug-likeness (QED) is 0.0928. The SMILES string of the molecule is C=C(F)C(=O)Oc1cc(OC(=O)c2ccc(OCCCC)cc2)ccc1OC(=O)c1ccc(OCCCC)cc1. The summed E-state index contributed by atoms with van der Waals surface area (Å²) in [5, 5.41) is 0. The van der Waals surface area contributed by atoms with Gasteiger partial charge in [0.25, 0.3) is 0 Å². The highest BCUT2D eigenvalue weighted by atomic mass is 19.1. The summed E-state index contributed by atoms with van der Waals surface area (Å²) in [6.45, 7) is 8.15. The van der Waals surface area contributed by atoms with Crippen molar-refractivity contribution in [3.63, 3.8) is 0 Å². The van der Waals surface area contributed by atoms with Crippen molar-refractivity contribution in [1.29, 1.82) is 0 Å². The number of hydrogen-bond donors (Lipinski definition) is 0. The summed E-state index contributed by atoms with van der Waals surface area (Å²) < 4.78 is 40.3. The highest BCUT2D eigenvalue weighted by molar-refractivity contribution is 5.93. The molecule has 0 aliphatic rings. The second-order valence-corrected chi connectivity index (χ2v) is 8.63. The van der Waals surface area contributed by atoms with Gasteiger partial charge in [0, 0.05) is 6.07 Å². The monoisotopic (exact) mass is 550 g/mol. The molecule has 0 N–H and O–H groups in total. The minimum Gasteiger partial charge on any atom is -0.494 e. The number of esters is 3. The zero-order valence-corrected chi connectivity index (χ0v) is 22.4. The van der Waals surface area contributed by atoms with Crippen LogP contribution in [0.3, 0.4) is 0 Å². The molecule has 9 heteroatoms. The molecule has 0 spiro atoms. The lowest BCUT2D eigenvalue weighted by atomic mass is 10.2. The molecule has 3 rings (SSSR count). The molecule has 3 aromatic carbocycles. The number of hydrogen-bond acceptors (Lipinski definition) is 8. The average molecular weight is 551 g/mol. The van der Waals surface area contributed by atoms with Gasteiger partial charge in [-0.2, -0.15) is 4.39 Å². The van der Waals surface area contributed by atoms with E-state index in [1.807, 2.05) is 0 Å². The van der Waals surface area contributed by atoms with Gasteiger partial charge < -0.3 is 23.7 Å². The molecule has 0 saturated carbocycles. The van der Waals surface area contributed by atoms with E-state index >= 15 is 0 Å². The van der Waals surface area contributed by atoms with E-state index in [0.29, 0.717) is 24.7 Å². The van der Waals surface area contributed by atoms with Gasteiger partial charge in [-0.3, -0.25) is 0 Å². The van der Waals surface area contributed by atoms with Crippen LogP contribution in [0.25, 0.3) is 0 Å². The molecule has 0 fully saturated rings. The lowest BCUT2D eigenvalue weighted by Gasteiger charge is -2.12. The highest BCUT2D eigenvalue weighted by Crippen LogP contribution is 2.33. The third-order valence-corrected chi connectivity index (χ3v) is 5.47. The van der Waals surface area contributed by atoms with Gasteiger partial charge in [0.15, 0.2) is 11.5 Å². The van der Waals surface area contributed by atoms with Crippen molar-refractivity contribution in [2.24, 2.45) is 0 Å². The van der Waals surface area contributed by atoms with Crippen LogP contribution < -0.4 is 23.7 Å². The van der Waals surface area contributed by atoms with Crippen LogP contribution in [0.4, 0.5) is 4.39 Å². The Morgan fingerprint density at radius 2 is 1.12 bits per heavy atom. The number of benzene rings is 3.